The molecule has 0 saturated carbocycles. The Kier molecular flexibility index (Phi) is 2.79. The number of anilines is 1. The fourth-order valence-electron chi connectivity index (χ4n) is 2.11. The Morgan fingerprint density at radius 1 is 1.35 bits per heavy atom. The lowest BCUT2D eigenvalue weighted by atomic mass is 10.1. The number of halogens is 2. The zero-order valence-corrected chi connectivity index (χ0v) is 11.1. The van der Waals surface area contributed by atoms with Crippen LogP contribution in [0.15, 0.2) is 18.5 Å². The van der Waals surface area contributed by atoms with E-state index in [1.54, 1.807) is 7.05 Å². The van der Waals surface area contributed by atoms with E-state index in [1.807, 2.05) is 0 Å². The molecule has 0 N–H and O–H groups in total. The molecule has 8 heteroatoms. The summed E-state index contributed by atoms with van der Waals surface area (Å²) in [4.78, 5) is 28.9. The van der Waals surface area contributed by atoms with Gasteiger partial charge >= 0.3 is 0 Å². The molecule has 2 heterocycles. The lowest BCUT2D eigenvalue weighted by Crippen LogP contribution is -2.30. The minimum atomic E-state index is -0.824. The fraction of sp³-hybridized carbons (Fsp3) is 0.167. The molecule has 0 fully saturated rings. The summed E-state index contributed by atoms with van der Waals surface area (Å²) in [6, 6.07) is 2.38. The van der Waals surface area contributed by atoms with Gasteiger partial charge in [-0.25, -0.2) is 9.37 Å². The predicted molar refractivity (Wildman–Crippen MR) is 67.9 cm³/mol. The first-order chi connectivity index (χ1) is 9.50. The molecule has 0 bridgehead atoms. The van der Waals surface area contributed by atoms with Crippen molar-refractivity contribution in [3.63, 3.8) is 0 Å². The third-order valence-electron chi connectivity index (χ3n) is 3.12. The van der Waals surface area contributed by atoms with Gasteiger partial charge in [0.1, 0.15) is 18.0 Å². The summed E-state index contributed by atoms with van der Waals surface area (Å²) >= 11 is 5.88. The Labute approximate surface area is 117 Å². The molecular formula is C12H8ClFN4O2. The zero-order valence-electron chi connectivity index (χ0n) is 10.3. The number of amides is 1. The van der Waals surface area contributed by atoms with Gasteiger partial charge in [-0.05, 0) is 12.1 Å². The summed E-state index contributed by atoms with van der Waals surface area (Å²) in [5.74, 6) is -1.88. The van der Waals surface area contributed by atoms with Crippen LogP contribution in [-0.4, -0.2) is 26.5 Å². The topological polar surface area (TPSA) is 68.1 Å². The SMILES string of the molecule is Cn1ncnc1CN1C(=O)C(=O)c2c(Cl)ccc(F)c21. The number of hydrogen-bond acceptors (Lipinski definition) is 4. The zero-order chi connectivity index (χ0) is 14.4. The van der Waals surface area contributed by atoms with Crippen LogP contribution in [0.3, 0.4) is 0 Å². The molecule has 1 aliphatic heterocycles. The van der Waals surface area contributed by atoms with E-state index in [-0.39, 0.29) is 22.8 Å². The van der Waals surface area contributed by atoms with Gasteiger partial charge in [0.2, 0.25) is 0 Å². The molecule has 0 spiro atoms. The fourth-order valence-corrected chi connectivity index (χ4v) is 2.35. The highest BCUT2D eigenvalue weighted by Crippen LogP contribution is 2.37. The van der Waals surface area contributed by atoms with Crippen LogP contribution in [0.4, 0.5) is 10.1 Å². The van der Waals surface area contributed by atoms with Crippen LogP contribution in [0.2, 0.25) is 5.02 Å². The minimum Gasteiger partial charge on any atom is -0.294 e. The van der Waals surface area contributed by atoms with Gasteiger partial charge in [0.25, 0.3) is 11.7 Å². The number of rotatable bonds is 2. The number of ketones is 1. The van der Waals surface area contributed by atoms with Gasteiger partial charge in [-0.1, -0.05) is 11.6 Å². The van der Waals surface area contributed by atoms with Crippen molar-refractivity contribution in [2.24, 2.45) is 7.05 Å². The number of benzene rings is 1. The monoisotopic (exact) mass is 294 g/mol. The summed E-state index contributed by atoms with van der Waals surface area (Å²) in [6.07, 6.45) is 1.31. The van der Waals surface area contributed by atoms with Gasteiger partial charge < -0.3 is 0 Å². The molecule has 0 saturated heterocycles. The van der Waals surface area contributed by atoms with Gasteiger partial charge in [0.05, 0.1) is 22.8 Å². The van der Waals surface area contributed by atoms with Crippen LogP contribution < -0.4 is 4.90 Å². The second-order valence-electron chi connectivity index (χ2n) is 4.27. The first kappa shape index (κ1) is 12.7. The Morgan fingerprint density at radius 3 is 2.75 bits per heavy atom. The van der Waals surface area contributed by atoms with Crippen LogP contribution in [0.25, 0.3) is 0 Å². The summed E-state index contributed by atoms with van der Waals surface area (Å²) in [6.45, 7) is -0.0503. The van der Waals surface area contributed by atoms with Crippen molar-refractivity contribution in [1.82, 2.24) is 14.8 Å². The quantitative estimate of drug-likeness (QED) is 0.784. The Hall–Kier alpha value is -2.28. The summed E-state index contributed by atoms with van der Waals surface area (Å²) in [5, 5.41) is 3.92. The van der Waals surface area contributed by atoms with E-state index in [2.05, 4.69) is 10.1 Å². The Balaban J connectivity index is 2.11. The van der Waals surface area contributed by atoms with Gasteiger partial charge in [-0.2, -0.15) is 5.10 Å². The van der Waals surface area contributed by atoms with E-state index >= 15 is 0 Å². The van der Waals surface area contributed by atoms with Crippen LogP contribution in [0.5, 0.6) is 0 Å². The Morgan fingerprint density at radius 2 is 2.10 bits per heavy atom. The predicted octanol–water partition coefficient (Wildman–Crippen LogP) is 1.34. The number of aromatic nitrogens is 3. The molecule has 1 aromatic carbocycles. The van der Waals surface area contributed by atoms with E-state index in [0.717, 1.165) is 11.0 Å². The summed E-state index contributed by atoms with van der Waals surface area (Å²) in [7, 11) is 1.64. The molecule has 6 nitrogen and oxygen atoms in total. The molecule has 0 unspecified atom stereocenters. The van der Waals surface area contributed by atoms with Crippen molar-refractivity contribution < 1.29 is 14.0 Å². The number of nitrogens with zero attached hydrogens (tertiary/aromatic N) is 4. The molecule has 1 aliphatic rings. The number of carbonyl (C=O) groups is 2. The van der Waals surface area contributed by atoms with Crippen LogP contribution in [-0.2, 0) is 18.4 Å². The molecule has 1 amide bonds. The standard InChI is InChI=1S/C12H8ClFN4O2/c1-17-8(15-5-16-17)4-18-10-7(14)3-2-6(13)9(10)11(19)12(18)20/h2-3,5H,4H2,1H3. The number of aryl methyl sites for hydroxylation is 1. The molecule has 3 rings (SSSR count). The molecule has 0 radical (unpaired) electrons. The van der Waals surface area contributed by atoms with E-state index < -0.39 is 17.5 Å². The molecule has 102 valence electrons. The first-order valence-electron chi connectivity index (χ1n) is 5.67. The molecule has 2 aromatic rings. The van der Waals surface area contributed by atoms with Crippen LogP contribution in [0, 0.1) is 5.82 Å². The van der Waals surface area contributed by atoms with Crippen molar-refractivity contribution in [2.75, 3.05) is 4.90 Å². The normalized spacial score (nSPS) is 14.1. The van der Waals surface area contributed by atoms with Gasteiger partial charge in [0.15, 0.2) is 0 Å². The smallest absolute Gasteiger partial charge is 0.294 e. The molecule has 0 atom stereocenters. The highest BCUT2D eigenvalue weighted by molar-refractivity contribution is 6.55. The number of hydrogen-bond donors (Lipinski definition) is 0. The first-order valence-corrected chi connectivity index (χ1v) is 6.05. The second-order valence-corrected chi connectivity index (χ2v) is 4.68. The number of Topliss-reactive ketones (excluding diaryl/α,β-unsaturated/α-hetero) is 1. The average Bonchev–Trinajstić information content (AvgIpc) is 2.92. The highest BCUT2D eigenvalue weighted by Gasteiger charge is 2.40. The van der Waals surface area contributed by atoms with Crippen LogP contribution in [0.1, 0.15) is 16.2 Å². The lowest BCUT2D eigenvalue weighted by Gasteiger charge is -2.16. The van der Waals surface area contributed by atoms with E-state index in [9.17, 15) is 14.0 Å². The molecular weight excluding hydrogens is 287 g/mol. The maximum absolute atomic E-state index is 13.9. The summed E-state index contributed by atoms with van der Waals surface area (Å²) < 4.78 is 15.4. The third-order valence-corrected chi connectivity index (χ3v) is 3.43. The maximum Gasteiger partial charge on any atom is 0.300 e. The maximum atomic E-state index is 13.9. The van der Waals surface area contributed by atoms with Crippen molar-refractivity contribution in [2.45, 2.75) is 6.54 Å². The van der Waals surface area contributed by atoms with E-state index in [1.165, 1.54) is 17.1 Å². The van der Waals surface area contributed by atoms with Crippen LogP contribution >= 0.6 is 11.6 Å². The van der Waals surface area contributed by atoms with Crippen molar-refractivity contribution in [1.29, 1.82) is 0 Å². The van der Waals surface area contributed by atoms with Crippen molar-refractivity contribution in [3.8, 4) is 0 Å². The third kappa shape index (κ3) is 1.70. The number of carbonyl (C=O) groups excluding carboxylic acids is 2. The number of fused-ring (bicyclic) bond motifs is 1. The second kappa shape index (κ2) is 4.38. The van der Waals surface area contributed by atoms with E-state index in [0.29, 0.717) is 5.82 Å². The highest BCUT2D eigenvalue weighted by atomic mass is 35.5. The minimum absolute atomic E-state index is 0.0503. The van der Waals surface area contributed by atoms with Gasteiger partial charge in [-0.3, -0.25) is 19.2 Å². The van der Waals surface area contributed by atoms with E-state index in [4.69, 9.17) is 11.6 Å². The molecule has 0 aliphatic carbocycles. The van der Waals surface area contributed by atoms with Gasteiger partial charge in [0, 0.05) is 7.05 Å². The largest absolute Gasteiger partial charge is 0.300 e. The van der Waals surface area contributed by atoms with Crippen molar-refractivity contribution in [3.05, 3.63) is 40.7 Å². The van der Waals surface area contributed by atoms with Gasteiger partial charge in [-0.15, -0.1) is 0 Å². The average molecular weight is 295 g/mol. The van der Waals surface area contributed by atoms with Crippen molar-refractivity contribution >= 4 is 29.0 Å². The molecule has 20 heavy (non-hydrogen) atoms. The molecule has 1 aromatic heterocycles. The lowest BCUT2D eigenvalue weighted by molar-refractivity contribution is -0.114. The summed E-state index contributed by atoms with van der Waals surface area (Å²) in [5.41, 5.74) is -0.200. The Bertz CT molecular complexity index is 743.